The van der Waals surface area contributed by atoms with Crippen molar-refractivity contribution in [3.05, 3.63) is 48.0 Å². The third kappa shape index (κ3) is 2.77. The molecule has 0 amide bonds. The lowest BCUT2D eigenvalue weighted by molar-refractivity contribution is -0.112. The van der Waals surface area contributed by atoms with Crippen molar-refractivity contribution in [1.82, 2.24) is 0 Å². The van der Waals surface area contributed by atoms with Gasteiger partial charge in [0.25, 0.3) is 0 Å². The summed E-state index contributed by atoms with van der Waals surface area (Å²) in [5.74, 6) is 0.0676. The molecule has 92 valence electrons. The minimum absolute atomic E-state index is 0.0676. The number of carbonyl (C=O) groups is 1. The molecule has 0 saturated heterocycles. The molecule has 0 aromatic heterocycles. The van der Waals surface area contributed by atoms with Gasteiger partial charge in [-0.15, -0.1) is 0 Å². The van der Waals surface area contributed by atoms with Gasteiger partial charge in [0.05, 0.1) is 0 Å². The van der Waals surface area contributed by atoms with Crippen LogP contribution in [0.1, 0.15) is 12.5 Å². The Kier molecular flexibility index (Phi) is 3.47. The zero-order chi connectivity index (χ0) is 13.1. The van der Waals surface area contributed by atoms with Crippen molar-refractivity contribution in [3.8, 4) is 0 Å². The summed E-state index contributed by atoms with van der Waals surface area (Å²) in [6, 6.07) is 12.6. The molecule has 0 radical (unpaired) electrons. The van der Waals surface area contributed by atoms with Gasteiger partial charge in [-0.2, -0.15) is 0 Å². The van der Waals surface area contributed by atoms with E-state index in [0.717, 1.165) is 5.56 Å². The standard InChI is InChI=1S/C16H17NO/c1-12(18)4-5-13-6-7-15-11-16(17(2)3)9-8-14(15)10-13/h4-11H,1-3H3. The third-order valence-corrected chi connectivity index (χ3v) is 2.87. The first-order valence-corrected chi connectivity index (χ1v) is 5.96. The Morgan fingerprint density at radius 1 is 1.06 bits per heavy atom. The van der Waals surface area contributed by atoms with E-state index in [1.54, 1.807) is 13.0 Å². The van der Waals surface area contributed by atoms with Crippen LogP contribution in [-0.4, -0.2) is 19.9 Å². The number of carbonyl (C=O) groups excluding carboxylic acids is 1. The van der Waals surface area contributed by atoms with E-state index in [1.165, 1.54) is 16.5 Å². The van der Waals surface area contributed by atoms with E-state index in [9.17, 15) is 4.79 Å². The highest BCUT2D eigenvalue weighted by atomic mass is 16.1. The van der Waals surface area contributed by atoms with Gasteiger partial charge in [-0.25, -0.2) is 0 Å². The number of hydrogen-bond acceptors (Lipinski definition) is 2. The maximum absolute atomic E-state index is 10.9. The summed E-state index contributed by atoms with van der Waals surface area (Å²) in [5, 5.41) is 2.40. The van der Waals surface area contributed by atoms with Crippen LogP contribution < -0.4 is 4.90 Å². The molecular formula is C16H17NO. The topological polar surface area (TPSA) is 20.3 Å². The molecule has 0 saturated carbocycles. The molecule has 2 aromatic carbocycles. The quantitative estimate of drug-likeness (QED) is 0.764. The van der Waals surface area contributed by atoms with Crippen LogP contribution in [0.3, 0.4) is 0 Å². The lowest BCUT2D eigenvalue weighted by Gasteiger charge is -2.13. The highest BCUT2D eigenvalue weighted by Crippen LogP contribution is 2.22. The van der Waals surface area contributed by atoms with Crippen molar-refractivity contribution < 1.29 is 4.79 Å². The molecule has 2 aromatic rings. The number of fused-ring (bicyclic) bond motifs is 1. The first-order chi connectivity index (χ1) is 8.56. The Morgan fingerprint density at radius 2 is 1.72 bits per heavy atom. The number of nitrogens with zero attached hydrogens (tertiary/aromatic N) is 1. The first-order valence-electron chi connectivity index (χ1n) is 5.96. The van der Waals surface area contributed by atoms with E-state index in [2.05, 4.69) is 35.2 Å². The molecule has 0 unspecified atom stereocenters. The lowest BCUT2D eigenvalue weighted by Crippen LogP contribution is -2.07. The van der Waals surface area contributed by atoms with Gasteiger partial charge >= 0.3 is 0 Å². The molecule has 0 fully saturated rings. The van der Waals surface area contributed by atoms with Crippen molar-refractivity contribution in [1.29, 1.82) is 0 Å². The first kappa shape index (κ1) is 12.4. The van der Waals surface area contributed by atoms with Crippen LogP contribution in [0.4, 0.5) is 5.69 Å². The summed E-state index contributed by atoms with van der Waals surface area (Å²) in [6.07, 6.45) is 3.44. The molecule has 0 aliphatic heterocycles. The van der Waals surface area contributed by atoms with Crippen molar-refractivity contribution in [3.63, 3.8) is 0 Å². The molecule has 18 heavy (non-hydrogen) atoms. The van der Waals surface area contributed by atoms with E-state index in [0.29, 0.717) is 0 Å². The van der Waals surface area contributed by atoms with Crippen LogP contribution in [0, 0.1) is 0 Å². The van der Waals surface area contributed by atoms with Gasteiger partial charge < -0.3 is 4.90 Å². The SMILES string of the molecule is CC(=O)C=Cc1ccc2cc(N(C)C)ccc2c1. The average molecular weight is 239 g/mol. The summed E-state index contributed by atoms with van der Waals surface area (Å²) >= 11 is 0. The van der Waals surface area contributed by atoms with Gasteiger partial charge in [-0.3, -0.25) is 4.79 Å². The second-order valence-corrected chi connectivity index (χ2v) is 4.63. The molecule has 0 atom stereocenters. The monoisotopic (exact) mass is 239 g/mol. The number of allylic oxidation sites excluding steroid dienone is 1. The Morgan fingerprint density at radius 3 is 2.39 bits per heavy atom. The summed E-state index contributed by atoms with van der Waals surface area (Å²) < 4.78 is 0. The van der Waals surface area contributed by atoms with Crippen molar-refractivity contribution in [2.45, 2.75) is 6.92 Å². The molecule has 0 bridgehead atoms. The summed E-state index contributed by atoms with van der Waals surface area (Å²) in [6.45, 7) is 1.56. The van der Waals surface area contributed by atoms with E-state index in [1.807, 2.05) is 26.2 Å². The summed E-state index contributed by atoms with van der Waals surface area (Å²) in [7, 11) is 4.07. The highest BCUT2D eigenvalue weighted by molar-refractivity contribution is 5.93. The third-order valence-electron chi connectivity index (χ3n) is 2.87. The van der Waals surface area contributed by atoms with Crippen LogP contribution in [0.5, 0.6) is 0 Å². The maximum Gasteiger partial charge on any atom is 0.152 e. The zero-order valence-corrected chi connectivity index (χ0v) is 11.0. The molecule has 0 aliphatic rings. The normalized spacial score (nSPS) is 11.1. The fourth-order valence-electron chi connectivity index (χ4n) is 1.85. The van der Waals surface area contributed by atoms with Gasteiger partial charge in [-0.05, 0) is 47.5 Å². The number of anilines is 1. The van der Waals surface area contributed by atoms with Crippen LogP contribution in [0.2, 0.25) is 0 Å². The Labute approximate surface area is 108 Å². The fraction of sp³-hybridized carbons (Fsp3) is 0.188. The van der Waals surface area contributed by atoms with Crippen LogP contribution in [0.25, 0.3) is 16.8 Å². The van der Waals surface area contributed by atoms with E-state index < -0.39 is 0 Å². The predicted octanol–water partition coefficient (Wildman–Crippen LogP) is 3.51. The van der Waals surface area contributed by atoms with Crippen LogP contribution >= 0.6 is 0 Å². The molecule has 2 heteroatoms. The van der Waals surface area contributed by atoms with Gasteiger partial charge in [0.1, 0.15) is 0 Å². The average Bonchev–Trinajstić information content (AvgIpc) is 2.35. The zero-order valence-electron chi connectivity index (χ0n) is 11.0. The minimum atomic E-state index is 0.0676. The van der Waals surface area contributed by atoms with Gasteiger partial charge in [0.15, 0.2) is 5.78 Å². The second-order valence-electron chi connectivity index (χ2n) is 4.63. The molecule has 0 aliphatic carbocycles. The largest absolute Gasteiger partial charge is 0.378 e. The highest BCUT2D eigenvalue weighted by Gasteiger charge is 1.99. The lowest BCUT2D eigenvalue weighted by atomic mass is 10.1. The second kappa shape index (κ2) is 5.05. The number of hydrogen-bond donors (Lipinski definition) is 0. The van der Waals surface area contributed by atoms with Gasteiger partial charge in [-0.1, -0.05) is 24.3 Å². The number of ketones is 1. The summed E-state index contributed by atoms with van der Waals surface area (Å²) in [4.78, 5) is 13.0. The molecule has 0 N–H and O–H groups in total. The van der Waals surface area contributed by atoms with Gasteiger partial charge in [0, 0.05) is 19.8 Å². The molecule has 0 spiro atoms. The fourth-order valence-corrected chi connectivity index (χ4v) is 1.85. The maximum atomic E-state index is 10.9. The van der Waals surface area contributed by atoms with E-state index in [-0.39, 0.29) is 5.78 Å². The minimum Gasteiger partial charge on any atom is -0.378 e. The molecular weight excluding hydrogens is 222 g/mol. The van der Waals surface area contributed by atoms with Crippen molar-refractivity contribution in [2.24, 2.45) is 0 Å². The Bertz CT molecular complexity index is 612. The van der Waals surface area contributed by atoms with E-state index in [4.69, 9.17) is 0 Å². The number of benzene rings is 2. The molecule has 0 heterocycles. The van der Waals surface area contributed by atoms with Crippen molar-refractivity contribution in [2.75, 3.05) is 19.0 Å². The Balaban J connectivity index is 2.41. The predicted molar refractivity (Wildman–Crippen MR) is 78.0 cm³/mol. The van der Waals surface area contributed by atoms with Crippen molar-refractivity contribution >= 4 is 28.3 Å². The van der Waals surface area contributed by atoms with Gasteiger partial charge in [0.2, 0.25) is 0 Å². The Hall–Kier alpha value is -2.09. The molecule has 2 rings (SSSR count). The summed E-state index contributed by atoms with van der Waals surface area (Å²) in [5.41, 5.74) is 2.24. The van der Waals surface area contributed by atoms with Crippen LogP contribution in [-0.2, 0) is 4.79 Å². The van der Waals surface area contributed by atoms with E-state index >= 15 is 0 Å². The number of rotatable bonds is 3. The smallest absolute Gasteiger partial charge is 0.152 e. The van der Waals surface area contributed by atoms with Crippen LogP contribution in [0.15, 0.2) is 42.5 Å². The molecule has 2 nitrogen and oxygen atoms in total.